The zero-order valence-electron chi connectivity index (χ0n) is 40.8. The summed E-state index contributed by atoms with van der Waals surface area (Å²) in [5, 5.41) is 7.44. The normalized spacial score (nSPS) is 14.5. The quantitative estimate of drug-likeness (QED) is 0.133. The number of rotatable bonds is 9. The van der Waals surface area contributed by atoms with Crippen molar-refractivity contribution in [1.29, 1.82) is 0 Å². The summed E-state index contributed by atoms with van der Waals surface area (Å²) in [4.78, 5) is 4.97. The Hall–Kier alpha value is -9.50. The summed E-state index contributed by atoms with van der Waals surface area (Å²) in [7, 11) is 0. The van der Waals surface area contributed by atoms with Crippen molar-refractivity contribution in [2.45, 2.75) is 12.0 Å². The van der Waals surface area contributed by atoms with E-state index in [4.69, 9.17) is 0 Å². The van der Waals surface area contributed by atoms with E-state index in [9.17, 15) is 0 Å². The lowest BCUT2D eigenvalue weighted by Gasteiger charge is -2.39. The first-order valence-corrected chi connectivity index (χ1v) is 25.7. The van der Waals surface area contributed by atoms with E-state index in [1.54, 1.807) is 0 Å². The molecular formula is C72H50N2. The van der Waals surface area contributed by atoms with Crippen molar-refractivity contribution in [3.05, 3.63) is 307 Å². The average Bonchev–Trinajstić information content (AvgIpc) is 3.48. The van der Waals surface area contributed by atoms with E-state index in [-0.39, 0.29) is 12.0 Å². The zero-order valence-corrected chi connectivity index (χ0v) is 40.8. The van der Waals surface area contributed by atoms with Gasteiger partial charge in [-0.05, 0) is 143 Å². The fourth-order valence-electron chi connectivity index (χ4n) is 11.8. The van der Waals surface area contributed by atoms with Crippen molar-refractivity contribution in [3.8, 4) is 33.4 Å². The molecule has 74 heavy (non-hydrogen) atoms. The van der Waals surface area contributed by atoms with Gasteiger partial charge in [0.1, 0.15) is 0 Å². The second kappa shape index (κ2) is 18.3. The highest BCUT2D eigenvalue weighted by Crippen LogP contribution is 2.51. The molecule has 0 amide bonds. The van der Waals surface area contributed by atoms with Crippen LogP contribution >= 0.6 is 0 Å². The maximum absolute atomic E-state index is 2.53. The van der Waals surface area contributed by atoms with Gasteiger partial charge in [0.25, 0.3) is 0 Å². The fraction of sp³-hybridized carbons (Fsp3) is 0.0278. The standard InChI is InChI=1S/C72H50N2/c1-3-15-49(16-4-1)51-27-37-57(38-28-51)73(71-47-69-61-21-9-7-19-55(61)35-45-65(69)63-23-11-13-25-67(63)71)59-41-31-53(32-42-59)54-33-43-60(44-34-54)74(58-39-29-52(30-40-58)50-17-5-2-6-18-50)72-48-70-62-22-10-8-20-56(62)36-46-66(70)64-24-12-14-26-68(64)72/h1-48,65,71H. The molecule has 0 saturated heterocycles. The summed E-state index contributed by atoms with van der Waals surface area (Å²) < 4.78 is 0. The van der Waals surface area contributed by atoms with Gasteiger partial charge in [-0.2, -0.15) is 0 Å². The molecule has 12 aromatic rings. The Kier molecular flexibility index (Phi) is 10.7. The van der Waals surface area contributed by atoms with Gasteiger partial charge in [-0.1, -0.05) is 237 Å². The maximum Gasteiger partial charge on any atom is 0.0784 e. The lowest BCUT2D eigenvalue weighted by atomic mass is 9.73. The fourth-order valence-corrected chi connectivity index (χ4v) is 11.8. The Morgan fingerprint density at radius 3 is 1.38 bits per heavy atom. The largest absolute Gasteiger partial charge is 0.330 e. The molecular weight excluding hydrogens is 893 g/mol. The van der Waals surface area contributed by atoms with E-state index < -0.39 is 0 Å². The van der Waals surface area contributed by atoms with Gasteiger partial charge in [-0.3, -0.25) is 0 Å². The Morgan fingerprint density at radius 1 is 0.311 bits per heavy atom. The van der Waals surface area contributed by atoms with E-state index >= 15 is 0 Å². The molecule has 0 heterocycles. The summed E-state index contributed by atoms with van der Waals surface area (Å²) in [5.74, 6) is 0.203. The molecule has 0 aromatic heterocycles. The SMILES string of the molecule is C1=CC2C(=CC(N(c3ccc(-c4ccccc4)cc3)c3ccc(-c4ccc(N(c5ccc(-c6ccccc6)cc5)c5cc6c7ccccc7ccc6c6ccccc56)cc4)cc3)c3ccccc32)c2ccccc21. The zero-order chi connectivity index (χ0) is 49.0. The third-order valence-electron chi connectivity index (χ3n) is 15.4. The molecule has 2 aliphatic carbocycles. The van der Waals surface area contributed by atoms with Gasteiger partial charge in [-0.15, -0.1) is 0 Å². The highest BCUT2D eigenvalue weighted by atomic mass is 15.2. The second-order valence-corrected chi connectivity index (χ2v) is 19.6. The Morgan fingerprint density at radius 2 is 0.770 bits per heavy atom. The van der Waals surface area contributed by atoms with Crippen LogP contribution in [0.1, 0.15) is 34.2 Å². The first-order chi connectivity index (χ1) is 36.7. The summed E-state index contributed by atoms with van der Waals surface area (Å²) in [6.45, 7) is 0. The molecule has 14 rings (SSSR count). The van der Waals surface area contributed by atoms with Crippen LogP contribution in [-0.4, -0.2) is 0 Å². The molecule has 2 nitrogen and oxygen atoms in total. The summed E-state index contributed by atoms with van der Waals surface area (Å²) >= 11 is 0. The second-order valence-electron chi connectivity index (χ2n) is 19.6. The van der Waals surface area contributed by atoms with Gasteiger partial charge in [0.2, 0.25) is 0 Å². The minimum atomic E-state index is -0.0402. The van der Waals surface area contributed by atoms with Crippen molar-refractivity contribution >= 4 is 72.4 Å². The van der Waals surface area contributed by atoms with Crippen LogP contribution in [0.3, 0.4) is 0 Å². The number of nitrogens with zero attached hydrogens (tertiary/aromatic N) is 2. The van der Waals surface area contributed by atoms with Crippen LogP contribution in [0.15, 0.2) is 285 Å². The minimum Gasteiger partial charge on any atom is -0.330 e. The smallest absolute Gasteiger partial charge is 0.0784 e. The van der Waals surface area contributed by atoms with E-state index in [1.807, 2.05) is 0 Å². The Bertz CT molecular complexity index is 4100. The number of benzene rings is 12. The average molecular weight is 943 g/mol. The first-order valence-electron chi connectivity index (χ1n) is 25.7. The number of anilines is 5. The number of hydrogen-bond acceptors (Lipinski definition) is 2. The molecule has 12 aromatic carbocycles. The number of hydrogen-bond donors (Lipinski definition) is 0. The van der Waals surface area contributed by atoms with Crippen LogP contribution in [0.5, 0.6) is 0 Å². The van der Waals surface area contributed by atoms with Crippen LogP contribution in [0.2, 0.25) is 0 Å². The summed E-state index contributed by atoms with van der Waals surface area (Å²) in [5.41, 5.74) is 19.4. The molecule has 0 radical (unpaired) electrons. The lowest BCUT2D eigenvalue weighted by Crippen LogP contribution is -2.27. The van der Waals surface area contributed by atoms with E-state index in [2.05, 4.69) is 301 Å². The molecule has 0 aliphatic heterocycles. The lowest BCUT2D eigenvalue weighted by molar-refractivity contribution is 0.807. The van der Waals surface area contributed by atoms with Gasteiger partial charge in [-0.25, -0.2) is 0 Å². The molecule has 0 N–H and O–H groups in total. The summed E-state index contributed by atoms with van der Waals surface area (Å²) in [6, 6.07) is 100. The Balaban J connectivity index is 0.868. The number of fused-ring (bicyclic) bond motifs is 10. The molecule has 0 spiro atoms. The van der Waals surface area contributed by atoms with Crippen LogP contribution in [-0.2, 0) is 0 Å². The molecule has 2 atom stereocenters. The molecule has 0 bridgehead atoms. The molecule has 2 unspecified atom stereocenters. The molecule has 348 valence electrons. The van der Waals surface area contributed by atoms with Gasteiger partial charge >= 0.3 is 0 Å². The van der Waals surface area contributed by atoms with Gasteiger partial charge in [0.15, 0.2) is 0 Å². The third kappa shape index (κ3) is 7.59. The van der Waals surface area contributed by atoms with Crippen LogP contribution in [0, 0.1) is 0 Å². The Labute approximate surface area is 432 Å². The molecule has 0 fully saturated rings. The minimum absolute atomic E-state index is 0.0402. The van der Waals surface area contributed by atoms with Crippen LogP contribution in [0.4, 0.5) is 28.4 Å². The maximum atomic E-state index is 2.53. The molecule has 0 saturated carbocycles. The van der Waals surface area contributed by atoms with Gasteiger partial charge in [0, 0.05) is 34.1 Å². The topological polar surface area (TPSA) is 6.48 Å². The highest BCUT2D eigenvalue weighted by Gasteiger charge is 2.34. The van der Waals surface area contributed by atoms with Crippen molar-refractivity contribution < 1.29 is 0 Å². The van der Waals surface area contributed by atoms with Crippen molar-refractivity contribution in [1.82, 2.24) is 0 Å². The van der Waals surface area contributed by atoms with E-state index in [1.165, 1.54) is 82.4 Å². The van der Waals surface area contributed by atoms with E-state index in [0.717, 1.165) is 39.6 Å². The summed E-state index contributed by atoms with van der Waals surface area (Å²) in [6.07, 6.45) is 7.21. The number of allylic oxidation sites excluding steroid dienone is 2. The first kappa shape index (κ1) is 43.3. The van der Waals surface area contributed by atoms with E-state index in [0.29, 0.717) is 0 Å². The monoisotopic (exact) mass is 942 g/mol. The van der Waals surface area contributed by atoms with Crippen molar-refractivity contribution in [2.75, 3.05) is 9.80 Å². The van der Waals surface area contributed by atoms with Gasteiger partial charge < -0.3 is 9.80 Å². The van der Waals surface area contributed by atoms with Crippen LogP contribution < -0.4 is 9.80 Å². The van der Waals surface area contributed by atoms with Crippen molar-refractivity contribution in [2.24, 2.45) is 0 Å². The highest BCUT2D eigenvalue weighted by molar-refractivity contribution is 6.21. The van der Waals surface area contributed by atoms with Crippen molar-refractivity contribution in [3.63, 3.8) is 0 Å². The van der Waals surface area contributed by atoms with Gasteiger partial charge in [0.05, 0.1) is 11.7 Å². The molecule has 2 aliphatic rings. The predicted octanol–water partition coefficient (Wildman–Crippen LogP) is 19.7. The molecule has 2 heteroatoms. The van der Waals surface area contributed by atoms with Crippen LogP contribution in [0.25, 0.3) is 77.3 Å². The predicted molar refractivity (Wildman–Crippen MR) is 314 cm³/mol. The third-order valence-corrected chi connectivity index (χ3v) is 15.4.